The summed E-state index contributed by atoms with van der Waals surface area (Å²) in [5.74, 6) is -0.722. The number of hydrogen-bond donors (Lipinski definition) is 10. The number of nitrogen functional groups attached to an aromatic ring is 2. The molecule has 0 radical (unpaired) electrons. The number of aliphatic hydroxyl groups excluding tert-OH is 3. The molecule has 2 fully saturated rings. The van der Waals surface area contributed by atoms with Gasteiger partial charge in [-0.15, -0.1) is 0 Å². The Hall–Kier alpha value is -2.98. The summed E-state index contributed by atoms with van der Waals surface area (Å²) < 4.78 is 60.6. The molecule has 31 heteroatoms. The number of aromatic amines is 2. The van der Waals surface area contributed by atoms with Crippen LogP contribution in [0, 0.1) is 0 Å². The van der Waals surface area contributed by atoms with Gasteiger partial charge in [0.05, 0.1) is 13.2 Å². The maximum absolute atomic E-state index is 12.8. The molecule has 2 aromatic rings. The van der Waals surface area contributed by atoms with Crippen LogP contribution in [0.15, 0.2) is 14.6 Å². The third kappa shape index (κ3) is 10.3. The first-order valence-corrected chi connectivity index (χ1v) is 21.0. The van der Waals surface area contributed by atoms with E-state index >= 15 is 0 Å². The number of ether oxygens (including phenoxy) is 3. The SMILES string of the molecule is C=Nc1c(N(C)[C@@H]2O[C@H](COP(=O)(O)OP(O)(=S)OP(=O)(O)OC[C@H]3O[C@@H](N(C)c4nc(N)[nH]c(=O)c4N(C)C)C(OC)C3O)C(O)C2O)nc(N)[nH]c1=O. The summed E-state index contributed by atoms with van der Waals surface area (Å²) in [6.07, 6.45) is -11.8. The van der Waals surface area contributed by atoms with E-state index in [1.165, 1.54) is 31.0 Å². The Bertz CT molecular complexity index is 1990. The van der Waals surface area contributed by atoms with E-state index in [2.05, 4.69) is 52.1 Å². The molecule has 0 bridgehead atoms. The second kappa shape index (κ2) is 17.3. The van der Waals surface area contributed by atoms with Gasteiger partial charge in [0.15, 0.2) is 29.8 Å². The predicted octanol–water partition coefficient (Wildman–Crippen LogP) is -2.98. The molecule has 11 atom stereocenters. The number of aromatic nitrogens is 4. The van der Waals surface area contributed by atoms with Crippen molar-refractivity contribution in [2.75, 3.05) is 74.7 Å². The van der Waals surface area contributed by atoms with Crippen molar-refractivity contribution in [3.63, 3.8) is 0 Å². The molecule has 7 unspecified atom stereocenters. The first kappa shape index (κ1) is 44.7. The molecule has 12 N–H and O–H groups in total. The Balaban J connectivity index is 1.36. The van der Waals surface area contributed by atoms with Gasteiger partial charge in [-0.2, -0.15) is 9.97 Å². The number of hydrogen-bond acceptors (Lipinski definition) is 23. The largest absolute Gasteiger partial charge is 0.479 e. The number of anilines is 5. The number of H-pyrrole nitrogens is 2. The van der Waals surface area contributed by atoms with E-state index in [1.54, 1.807) is 14.1 Å². The van der Waals surface area contributed by atoms with Crippen LogP contribution in [0.2, 0.25) is 0 Å². The average Bonchev–Trinajstić information content (AvgIpc) is 3.54. The lowest BCUT2D eigenvalue weighted by Crippen LogP contribution is -2.45. The lowest BCUT2D eigenvalue weighted by Gasteiger charge is -2.31. The number of methoxy groups -OCH3 is 1. The molecule has 2 aliphatic heterocycles. The third-order valence-electron chi connectivity index (χ3n) is 7.97. The highest BCUT2D eigenvalue weighted by molar-refractivity contribution is 8.09. The van der Waals surface area contributed by atoms with Crippen LogP contribution in [0.3, 0.4) is 0 Å². The second-order valence-electron chi connectivity index (χ2n) is 12.0. The van der Waals surface area contributed by atoms with Gasteiger partial charge in [-0.1, -0.05) is 0 Å². The number of phosphoric ester groups is 2. The third-order valence-corrected chi connectivity index (χ3v) is 13.4. The van der Waals surface area contributed by atoms with Crippen molar-refractivity contribution in [2.45, 2.75) is 49.1 Å². The number of likely N-dealkylation sites (N-methyl/N-ethyl adjacent to an activating group) is 2. The van der Waals surface area contributed by atoms with E-state index in [0.717, 1.165) is 4.90 Å². The summed E-state index contributed by atoms with van der Waals surface area (Å²) in [4.78, 5) is 75.8. The molecule has 27 nitrogen and oxygen atoms in total. The van der Waals surface area contributed by atoms with Gasteiger partial charge in [-0.3, -0.25) is 33.6 Å². The van der Waals surface area contributed by atoms with E-state index in [-0.39, 0.29) is 34.9 Å². The molecule has 0 saturated carbocycles. The van der Waals surface area contributed by atoms with Crippen LogP contribution in [0.25, 0.3) is 0 Å². The minimum atomic E-state index is -5.49. The number of aliphatic imine (C=N–C) groups is 1. The van der Waals surface area contributed by atoms with Gasteiger partial charge < -0.3 is 70.4 Å². The van der Waals surface area contributed by atoms with Crippen LogP contribution in [-0.4, -0.2) is 154 Å². The summed E-state index contributed by atoms with van der Waals surface area (Å²) in [6.45, 7) is -3.80. The maximum Gasteiger partial charge on any atom is 0.479 e. The fraction of sp³-hybridized carbons (Fsp3) is 0.625. The van der Waals surface area contributed by atoms with Gasteiger partial charge in [0.25, 0.3) is 11.1 Å². The molecule has 0 amide bonds. The second-order valence-corrected chi connectivity index (χ2v) is 18.0. The molecule has 0 aromatic carbocycles. The Morgan fingerprint density at radius 1 is 0.836 bits per heavy atom. The molecule has 2 aromatic heterocycles. The lowest BCUT2D eigenvalue weighted by atomic mass is 10.1. The standard InChI is InChI=1S/C24H41N10O17P3S/c1-27-11-17(28-23(25)30-19(11)38)33(4)21-15(37)13(35)9(48-21)7-46-52(40,41)50-54(44,55)51-53(42,43)47-8-10-14(36)16(45-6)22(49-10)34(5)18-12(32(2)3)20(39)31-24(26)29-18/h9-10,13-16,21-22,35-37H,1,7-8H2,2-6H3,(H,40,41)(H,42,43)(H,44,55)(H3,25,28,30,38)(H3,26,29,31,39)/t9-,10-,13?,14?,15?,16?,21-,22-,54?/m1/s1. The summed E-state index contributed by atoms with van der Waals surface area (Å²) in [5, 5.41) is 32.0. The minimum Gasteiger partial charge on any atom is -0.387 e. The number of rotatable bonds is 17. The zero-order chi connectivity index (χ0) is 41.4. The number of nitrogens with two attached hydrogens (primary N) is 2. The smallest absolute Gasteiger partial charge is 0.387 e. The first-order chi connectivity index (χ1) is 25.4. The highest BCUT2D eigenvalue weighted by atomic mass is 32.5. The van der Waals surface area contributed by atoms with Crippen molar-refractivity contribution in [3.05, 3.63) is 20.7 Å². The van der Waals surface area contributed by atoms with Crippen molar-refractivity contribution < 1.29 is 71.0 Å². The molecular formula is C24H41N10O17P3S. The highest BCUT2D eigenvalue weighted by Gasteiger charge is 2.50. The van der Waals surface area contributed by atoms with E-state index in [0.29, 0.717) is 0 Å². The van der Waals surface area contributed by atoms with Crippen molar-refractivity contribution in [2.24, 2.45) is 4.99 Å². The molecular weight excluding hydrogens is 825 g/mol. The highest BCUT2D eigenvalue weighted by Crippen LogP contribution is 2.68. The van der Waals surface area contributed by atoms with Gasteiger partial charge in [0.1, 0.15) is 42.3 Å². The van der Waals surface area contributed by atoms with E-state index in [9.17, 15) is 48.7 Å². The Kier molecular flexibility index (Phi) is 14.0. The number of phosphoric acid groups is 2. The topological polar surface area (TPSA) is 386 Å². The van der Waals surface area contributed by atoms with Crippen molar-refractivity contribution in [1.29, 1.82) is 0 Å². The lowest BCUT2D eigenvalue weighted by molar-refractivity contribution is -0.0219. The summed E-state index contributed by atoms with van der Waals surface area (Å²) in [7, 11) is -3.83. The normalized spacial score (nSPS) is 28.6. The van der Waals surface area contributed by atoms with E-state index in [4.69, 9.17) is 34.7 Å². The molecule has 0 spiro atoms. The monoisotopic (exact) mass is 866 g/mol. The Morgan fingerprint density at radius 3 is 1.82 bits per heavy atom. The molecule has 2 saturated heterocycles. The van der Waals surface area contributed by atoms with Gasteiger partial charge >= 0.3 is 22.4 Å². The number of nitrogens with zero attached hydrogens (tertiary/aromatic N) is 6. The fourth-order valence-corrected chi connectivity index (χ4v) is 10.5. The van der Waals surface area contributed by atoms with Crippen LogP contribution in [0.1, 0.15) is 0 Å². The zero-order valence-corrected chi connectivity index (χ0v) is 33.0. The van der Waals surface area contributed by atoms with Crippen LogP contribution in [0.5, 0.6) is 0 Å². The van der Waals surface area contributed by atoms with Crippen molar-refractivity contribution in [1.82, 2.24) is 19.9 Å². The molecule has 0 aliphatic carbocycles. The summed E-state index contributed by atoms with van der Waals surface area (Å²) in [5.41, 5.74) is 9.73. The minimum absolute atomic E-state index is 0.0295. The van der Waals surface area contributed by atoms with Gasteiger partial charge in [0, 0.05) is 35.3 Å². The summed E-state index contributed by atoms with van der Waals surface area (Å²) >= 11 is 4.61. The van der Waals surface area contributed by atoms with Gasteiger partial charge in [-0.05, 0) is 18.5 Å². The average molecular weight is 867 g/mol. The molecule has 310 valence electrons. The van der Waals surface area contributed by atoms with Gasteiger partial charge in [-0.25, -0.2) is 17.8 Å². The van der Waals surface area contributed by atoms with Crippen molar-refractivity contribution in [3.8, 4) is 0 Å². The summed E-state index contributed by atoms with van der Waals surface area (Å²) in [6, 6.07) is 0. The van der Waals surface area contributed by atoms with Gasteiger partial charge in [0.2, 0.25) is 11.9 Å². The molecule has 4 heterocycles. The Morgan fingerprint density at radius 2 is 1.31 bits per heavy atom. The zero-order valence-electron chi connectivity index (χ0n) is 29.5. The van der Waals surface area contributed by atoms with Crippen LogP contribution < -0.4 is 37.3 Å². The van der Waals surface area contributed by atoms with Crippen molar-refractivity contribution >= 4 is 75.8 Å². The van der Waals surface area contributed by atoms with E-state index in [1.807, 2.05) is 0 Å². The molecule has 2 aliphatic rings. The fourth-order valence-electron chi connectivity index (χ4n) is 5.49. The maximum atomic E-state index is 12.8. The first-order valence-electron chi connectivity index (χ1n) is 15.4. The quantitative estimate of drug-likeness (QED) is 0.0560. The van der Waals surface area contributed by atoms with Crippen LogP contribution in [-0.2, 0) is 52.8 Å². The predicted molar refractivity (Wildman–Crippen MR) is 195 cm³/mol. The van der Waals surface area contributed by atoms with Crippen LogP contribution in [0.4, 0.5) is 34.9 Å². The molecule has 4 rings (SSSR count). The number of nitrogens with one attached hydrogen (secondary N) is 2. The van der Waals surface area contributed by atoms with Crippen LogP contribution >= 0.6 is 22.4 Å². The Labute approximate surface area is 315 Å². The van der Waals surface area contributed by atoms with E-state index < -0.39 is 95.8 Å². The molecule has 55 heavy (non-hydrogen) atoms. The number of aliphatic hydroxyl groups is 3.